The zero-order chi connectivity index (χ0) is 17.9. The molecule has 0 saturated carbocycles. The first-order valence-electron chi connectivity index (χ1n) is 9.14. The van der Waals surface area contributed by atoms with Crippen LogP contribution in [0.1, 0.15) is 30.4 Å². The fraction of sp³-hybridized carbons (Fsp3) is 0.333. The van der Waals surface area contributed by atoms with Crippen molar-refractivity contribution in [3.63, 3.8) is 0 Å². The Morgan fingerprint density at radius 2 is 2.08 bits per heavy atom. The summed E-state index contributed by atoms with van der Waals surface area (Å²) in [6.45, 7) is 6.34. The van der Waals surface area contributed by atoms with E-state index < -0.39 is 0 Å². The molecule has 0 bridgehead atoms. The van der Waals surface area contributed by atoms with Gasteiger partial charge in [0.05, 0.1) is 18.7 Å². The number of ether oxygens (including phenoxy) is 1. The number of nitrogens with zero attached hydrogens (tertiary/aromatic N) is 3. The lowest BCUT2D eigenvalue weighted by Gasteiger charge is -2.30. The lowest BCUT2D eigenvalue weighted by atomic mass is 10.00. The van der Waals surface area contributed by atoms with Crippen LogP contribution in [0.2, 0.25) is 0 Å². The average Bonchev–Trinajstić information content (AvgIpc) is 3.11. The van der Waals surface area contributed by atoms with E-state index in [4.69, 9.17) is 9.26 Å². The van der Waals surface area contributed by atoms with Gasteiger partial charge < -0.3 is 14.2 Å². The van der Waals surface area contributed by atoms with Gasteiger partial charge in [-0.3, -0.25) is 0 Å². The van der Waals surface area contributed by atoms with Crippen molar-refractivity contribution in [3.05, 3.63) is 59.5 Å². The van der Waals surface area contributed by atoms with Gasteiger partial charge in [0, 0.05) is 12.2 Å². The highest BCUT2D eigenvalue weighted by atomic mass is 16.5. The van der Waals surface area contributed by atoms with Gasteiger partial charge in [0.2, 0.25) is 11.7 Å². The summed E-state index contributed by atoms with van der Waals surface area (Å²) in [5.74, 6) is 1.98. The summed E-state index contributed by atoms with van der Waals surface area (Å²) in [7, 11) is 0. The van der Waals surface area contributed by atoms with Gasteiger partial charge in [-0.15, -0.1) is 0 Å². The third-order valence-electron chi connectivity index (χ3n) is 4.67. The number of benzene rings is 2. The first-order valence-corrected chi connectivity index (χ1v) is 9.14. The minimum Gasteiger partial charge on any atom is -0.493 e. The number of anilines is 1. The van der Waals surface area contributed by atoms with Gasteiger partial charge in [-0.25, -0.2) is 0 Å². The first kappa shape index (κ1) is 16.6. The molecule has 0 atom stereocenters. The Labute approximate surface area is 153 Å². The topological polar surface area (TPSA) is 51.4 Å². The molecule has 0 aliphatic carbocycles. The fourth-order valence-corrected chi connectivity index (χ4v) is 3.49. The molecule has 2 aromatic carbocycles. The molecule has 3 aromatic rings. The Morgan fingerprint density at radius 1 is 1.19 bits per heavy atom. The number of hydrogen-bond donors (Lipinski definition) is 0. The second-order valence-electron chi connectivity index (χ2n) is 6.60. The lowest BCUT2D eigenvalue weighted by molar-refractivity contribution is 0.340. The molecule has 5 nitrogen and oxygen atoms in total. The summed E-state index contributed by atoms with van der Waals surface area (Å²) in [6.07, 6.45) is 2.27. The van der Waals surface area contributed by atoms with Crippen LogP contribution in [0.25, 0.3) is 11.4 Å². The molecular weight excluding hydrogens is 326 g/mol. The van der Waals surface area contributed by atoms with E-state index in [2.05, 4.69) is 40.2 Å². The van der Waals surface area contributed by atoms with Crippen molar-refractivity contribution < 1.29 is 9.26 Å². The SMILES string of the molecule is CCOc1ccccc1-c1noc(CN2CCCc3cc(C)ccc32)n1. The van der Waals surface area contributed by atoms with Crippen LogP contribution in [0.15, 0.2) is 47.0 Å². The summed E-state index contributed by atoms with van der Waals surface area (Å²) in [5, 5.41) is 4.17. The lowest BCUT2D eigenvalue weighted by Crippen LogP contribution is -2.29. The van der Waals surface area contributed by atoms with E-state index in [9.17, 15) is 0 Å². The van der Waals surface area contributed by atoms with E-state index in [0.717, 1.165) is 30.7 Å². The van der Waals surface area contributed by atoms with Crippen LogP contribution in [0.3, 0.4) is 0 Å². The standard InChI is InChI=1S/C21H23N3O2/c1-3-25-19-9-5-4-8-17(19)21-22-20(26-23-21)14-24-12-6-7-16-13-15(2)10-11-18(16)24/h4-5,8-11,13H,3,6-7,12,14H2,1-2H3. The van der Waals surface area contributed by atoms with Gasteiger partial charge in [0.15, 0.2) is 0 Å². The normalized spacial score (nSPS) is 13.5. The monoisotopic (exact) mass is 349 g/mol. The summed E-state index contributed by atoms with van der Waals surface area (Å²) in [5.41, 5.74) is 4.84. The highest BCUT2D eigenvalue weighted by molar-refractivity contribution is 5.63. The molecule has 4 rings (SSSR count). The molecule has 0 fully saturated rings. The van der Waals surface area contributed by atoms with Gasteiger partial charge in [-0.2, -0.15) is 4.98 Å². The molecule has 1 aromatic heterocycles. The number of rotatable bonds is 5. The summed E-state index contributed by atoms with van der Waals surface area (Å²) >= 11 is 0. The third-order valence-corrected chi connectivity index (χ3v) is 4.67. The molecule has 1 aliphatic rings. The maximum atomic E-state index is 5.68. The van der Waals surface area contributed by atoms with Crippen molar-refractivity contribution in [2.24, 2.45) is 0 Å². The Hall–Kier alpha value is -2.82. The van der Waals surface area contributed by atoms with Crippen molar-refractivity contribution >= 4 is 5.69 Å². The molecule has 0 saturated heterocycles. The van der Waals surface area contributed by atoms with Crippen LogP contribution < -0.4 is 9.64 Å². The van der Waals surface area contributed by atoms with Crippen LogP contribution >= 0.6 is 0 Å². The zero-order valence-electron chi connectivity index (χ0n) is 15.2. The molecule has 0 spiro atoms. The first-order chi connectivity index (χ1) is 12.7. The van der Waals surface area contributed by atoms with Crippen molar-refractivity contribution in [2.75, 3.05) is 18.1 Å². The smallest absolute Gasteiger partial charge is 0.246 e. The molecule has 0 N–H and O–H groups in total. The van der Waals surface area contributed by atoms with Crippen LogP contribution in [0.5, 0.6) is 5.75 Å². The van der Waals surface area contributed by atoms with Crippen LogP contribution in [-0.2, 0) is 13.0 Å². The van der Waals surface area contributed by atoms with E-state index in [1.54, 1.807) is 0 Å². The van der Waals surface area contributed by atoms with Crippen LogP contribution in [0, 0.1) is 6.92 Å². The maximum Gasteiger partial charge on any atom is 0.246 e. The minimum absolute atomic E-state index is 0.574. The van der Waals surface area contributed by atoms with Crippen LogP contribution in [0.4, 0.5) is 5.69 Å². The largest absolute Gasteiger partial charge is 0.493 e. The van der Waals surface area contributed by atoms with Gasteiger partial charge in [0.1, 0.15) is 5.75 Å². The second-order valence-corrected chi connectivity index (χ2v) is 6.60. The minimum atomic E-state index is 0.574. The fourth-order valence-electron chi connectivity index (χ4n) is 3.49. The number of aromatic nitrogens is 2. The Balaban J connectivity index is 1.57. The van der Waals surface area contributed by atoms with E-state index in [0.29, 0.717) is 24.9 Å². The predicted octanol–water partition coefficient (Wildman–Crippen LogP) is 4.40. The number of para-hydroxylation sites is 1. The summed E-state index contributed by atoms with van der Waals surface area (Å²) in [4.78, 5) is 6.93. The van der Waals surface area contributed by atoms with Crippen molar-refractivity contribution in [3.8, 4) is 17.1 Å². The van der Waals surface area contributed by atoms with Crippen molar-refractivity contribution in [2.45, 2.75) is 33.2 Å². The predicted molar refractivity (Wildman–Crippen MR) is 101 cm³/mol. The highest BCUT2D eigenvalue weighted by Crippen LogP contribution is 2.30. The highest BCUT2D eigenvalue weighted by Gasteiger charge is 2.20. The molecule has 134 valence electrons. The quantitative estimate of drug-likeness (QED) is 0.683. The van der Waals surface area contributed by atoms with Gasteiger partial charge in [-0.05, 0) is 50.5 Å². The van der Waals surface area contributed by atoms with E-state index >= 15 is 0 Å². The molecule has 0 unspecified atom stereocenters. The van der Waals surface area contributed by atoms with E-state index in [1.165, 1.54) is 16.8 Å². The molecular formula is C21H23N3O2. The van der Waals surface area contributed by atoms with Gasteiger partial charge >= 0.3 is 0 Å². The number of hydrogen-bond acceptors (Lipinski definition) is 5. The molecule has 2 heterocycles. The molecule has 0 radical (unpaired) electrons. The molecule has 26 heavy (non-hydrogen) atoms. The summed E-state index contributed by atoms with van der Waals surface area (Å²) < 4.78 is 11.2. The Kier molecular flexibility index (Phi) is 4.61. The van der Waals surface area contributed by atoms with Crippen molar-refractivity contribution in [1.82, 2.24) is 10.1 Å². The number of aryl methyl sites for hydroxylation is 2. The molecule has 0 amide bonds. The second kappa shape index (κ2) is 7.20. The third kappa shape index (κ3) is 3.29. The Bertz CT molecular complexity index is 904. The summed E-state index contributed by atoms with van der Waals surface area (Å²) in [6, 6.07) is 14.4. The van der Waals surface area contributed by atoms with Crippen LogP contribution in [-0.4, -0.2) is 23.3 Å². The van der Waals surface area contributed by atoms with E-state index in [-0.39, 0.29) is 0 Å². The zero-order valence-corrected chi connectivity index (χ0v) is 15.2. The molecule has 5 heteroatoms. The van der Waals surface area contributed by atoms with Crippen molar-refractivity contribution in [1.29, 1.82) is 0 Å². The number of fused-ring (bicyclic) bond motifs is 1. The average molecular weight is 349 g/mol. The van der Waals surface area contributed by atoms with Gasteiger partial charge in [-0.1, -0.05) is 35.0 Å². The maximum absolute atomic E-state index is 5.68. The van der Waals surface area contributed by atoms with Gasteiger partial charge in [0.25, 0.3) is 0 Å². The van der Waals surface area contributed by atoms with E-state index in [1.807, 2.05) is 31.2 Å². The Morgan fingerprint density at radius 3 is 2.96 bits per heavy atom. The molecule has 1 aliphatic heterocycles.